The third-order valence-electron chi connectivity index (χ3n) is 2.56. The van der Waals surface area contributed by atoms with E-state index in [1.807, 2.05) is 12.1 Å². The van der Waals surface area contributed by atoms with Gasteiger partial charge < -0.3 is 16.4 Å². The lowest BCUT2D eigenvalue weighted by molar-refractivity contribution is 1.09. The maximum atomic E-state index is 8.72. The van der Waals surface area contributed by atoms with E-state index >= 15 is 0 Å². The van der Waals surface area contributed by atoms with Crippen molar-refractivity contribution in [2.45, 2.75) is 6.54 Å². The molecule has 1 aromatic heterocycles. The number of nitrogens with two attached hydrogens (primary N) is 1. The minimum absolute atomic E-state index is 0.217. The van der Waals surface area contributed by atoms with Crippen LogP contribution in [0.3, 0.4) is 0 Å². The SMILES string of the molecule is CNc1cc(NCc2ccc(C#N)cc2)nc(N)n1. The summed E-state index contributed by atoms with van der Waals surface area (Å²) < 4.78 is 0. The first-order valence-corrected chi connectivity index (χ1v) is 5.76. The van der Waals surface area contributed by atoms with Crippen molar-refractivity contribution in [3.63, 3.8) is 0 Å². The van der Waals surface area contributed by atoms with E-state index < -0.39 is 0 Å². The molecule has 6 nitrogen and oxygen atoms in total. The van der Waals surface area contributed by atoms with E-state index in [-0.39, 0.29) is 5.95 Å². The number of aromatic nitrogens is 2. The number of benzene rings is 1. The van der Waals surface area contributed by atoms with E-state index in [2.05, 4.69) is 26.7 Å². The van der Waals surface area contributed by atoms with E-state index in [0.717, 1.165) is 5.56 Å². The summed E-state index contributed by atoms with van der Waals surface area (Å²) in [5.41, 5.74) is 7.31. The molecule has 0 bridgehead atoms. The third kappa shape index (κ3) is 3.33. The molecular formula is C13H14N6. The molecule has 0 atom stereocenters. The Morgan fingerprint density at radius 1 is 1.21 bits per heavy atom. The second kappa shape index (κ2) is 5.69. The highest BCUT2D eigenvalue weighted by Gasteiger charge is 2.01. The minimum Gasteiger partial charge on any atom is -0.373 e. The Labute approximate surface area is 111 Å². The lowest BCUT2D eigenvalue weighted by atomic mass is 10.1. The Balaban J connectivity index is 2.05. The van der Waals surface area contributed by atoms with Crippen LogP contribution in [0, 0.1) is 11.3 Å². The van der Waals surface area contributed by atoms with Crippen LogP contribution >= 0.6 is 0 Å². The number of nitrogens with zero attached hydrogens (tertiary/aromatic N) is 3. The van der Waals surface area contributed by atoms with Crippen molar-refractivity contribution in [2.24, 2.45) is 0 Å². The first-order chi connectivity index (χ1) is 9.21. The Morgan fingerprint density at radius 3 is 2.53 bits per heavy atom. The fraction of sp³-hybridized carbons (Fsp3) is 0.154. The lowest BCUT2D eigenvalue weighted by Crippen LogP contribution is -2.06. The van der Waals surface area contributed by atoms with Gasteiger partial charge in [-0.2, -0.15) is 15.2 Å². The van der Waals surface area contributed by atoms with Crippen molar-refractivity contribution in [1.82, 2.24) is 9.97 Å². The van der Waals surface area contributed by atoms with Gasteiger partial charge in [-0.1, -0.05) is 12.1 Å². The van der Waals surface area contributed by atoms with Gasteiger partial charge in [0.05, 0.1) is 11.6 Å². The molecular weight excluding hydrogens is 240 g/mol. The van der Waals surface area contributed by atoms with Gasteiger partial charge in [-0.15, -0.1) is 0 Å². The number of nitrogens with one attached hydrogen (secondary N) is 2. The average Bonchev–Trinajstić information content (AvgIpc) is 2.45. The zero-order valence-corrected chi connectivity index (χ0v) is 10.5. The fourth-order valence-corrected chi connectivity index (χ4v) is 1.57. The molecule has 0 aliphatic rings. The summed E-state index contributed by atoms with van der Waals surface area (Å²) >= 11 is 0. The van der Waals surface area contributed by atoms with E-state index in [1.165, 1.54) is 0 Å². The number of anilines is 3. The maximum absolute atomic E-state index is 8.72. The van der Waals surface area contributed by atoms with Gasteiger partial charge >= 0.3 is 0 Å². The first-order valence-electron chi connectivity index (χ1n) is 5.76. The summed E-state index contributed by atoms with van der Waals surface area (Å²) in [7, 11) is 1.77. The van der Waals surface area contributed by atoms with Gasteiger partial charge in [-0.05, 0) is 17.7 Å². The molecule has 0 saturated heterocycles. The summed E-state index contributed by atoms with van der Waals surface area (Å²) in [6.45, 7) is 0.602. The number of hydrogen-bond donors (Lipinski definition) is 3. The molecule has 0 saturated carbocycles. The highest BCUT2D eigenvalue weighted by molar-refractivity contribution is 5.51. The molecule has 6 heteroatoms. The predicted octanol–water partition coefficient (Wildman–Crippen LogP) is 1.58. The Hall–Kier alpha value is -2.81. The van der Waals surface area contributed by atoms with E-state index in [9.17, 15) is 0 Å². The smallest absolute Gasteiger partial charge is 0.223 e. The average molecular weight is 254 g/mol. The summed E-state index contributed by atoms with van der Waals surface area (Å²) in [5, 5.41) is 14.8. The molecule has 0 unspecified atom stereocenters. The van der Waals surface area contributed by atoms with Crippen molar-refractivity contribution in [3.05, 3.63) is 41.5 Å². The summed E-state index contributed by atoms with van der Waals surface area (Å²) in [5.74, 6) is 1.53. The monoisotopic (exact) mass is 254 g/mol. The number of nitrogen functional groups attached to an aromatic ring is 1. The van der Waals surface area contributed by atoms with Crippen LogP contribution in [0.1, 0.15) is 11.1 Å². The van der Waals surface area contributed by atoms with Gasteiger partial charge in [-0.3, -0.25) is 0 Å². The molecule has 1 heterocycles. The molecule has 2 rings (SSSR count). The Morgan fingerprint density at radius 2 is 1.89 bits per heavy atom. The largest absolute Gasteiger partial charge is 0.373 e. The molecule has 0 aliphatic carbocycles. The van der Waals surface area contributed by atoms with Crippen LogP contribution in [-0.2, 0) is 6.54 Å². The second-order valence-electron chi connectivity index (χ2n) is 3.91. The summed E-state index contributed by atoms with van der Waals surface area (Å²) in [4.78, 5) is 8.10. The van der Waals surface area contributed by atoms with Crippen molar-refractivity contribution < 1.29 is 0 Å². The quantitative estimate of drug-likeness (QED) is 0.766. The van der Waals surface area contributed by atoms with Crippen molar-refractivity contribution in [3.8, 4) is 6.07 Å². The van der Waals surface area contributed by atoms with Crippen LogP contribution in [0.4, 0.5) is 17.6 Å². The van der Waals surface area contributed by atoms with Gasteiger partial charge in [-0.25, -0.2) is 0 Å². The predicted molar refractivity (Wildman–Crippen MR) is 74.5 cm³/mol. The van der Waals surface area contributed by atoms with Crippen molar-refractivity contribution >= 4 is 17.6 Å². The molecule has 0 spiro atoms. The normalized spacial score (nSPS) is 9.68. The van der Waals surface area contributed by atoms with E-state index in [4.69, 9.17) is 11.0 Å². The maximum Gasteiger partial charge on any atom is 0.223 e. The zero-order chi connectivity index (χ0) is 13.7. The van der Waals surface area contributed by atoms with Crippen molar-refractivity contribution in [1.29, 1.82) is 5.26 Å². The molecule has 1 aromatic carbocycles. The third-order valence-corrected chi connectivity index (χ3v) is 2.56. The Bertz CT molecular complexity index is 600. The molecule has 0 fully saturated rings. The molecule has 0 aliphatic heterocycles. The molecule has 2 aromatic rings. The summed E-state index contributed by atoms with van der Waals surface area (Å²) in [6.07, 6.45) is 0. The highest BCUT2D eigenvalue weighted by atomic mass is 15.1. The van der Waals surface area contributed by atoms with Gasteiger partial charge in [0.25, 0.3) is 0 Å². The number of rotatable bonds is 4. The molecule has 19 heavy (non-hydrogen) atoms. The van der Waals surface area contributed by atoms with Crippen LogP contribution in [0.2, 0.25) is 0 Å². The van der Waals surface area contributed by atoms with Gasteiger partial charge in [0.2, 0.25) is 5.95 Å². The van der Waals surface area contributed by atoms with Gasteiger partial charge in [0.1, 0.15) is 11.6 Å². The molecule has 96 valence electrons. The minimum atomic E-state index is 0.217. The second-order valence-corrected chi connectivity index (χ2v) is 3.91. The van der Waals surface area contributed by atoms with Crippen LogP contribution in [0.15, 0.2) is 30.3 Å². The van der Waals surface area contributed by atoms with E-state index in [1.54, 1.807) is 25.2 Å². The highest BCUT2D eigenvalue weighted by Crippen LogP contribution is 2.13. The topological polar surface area (TPSA) is 99.6 Å². The van der Waals surface area contributed by atoms with Crippen LogP contribution in [0.25, 0.3) is 0 Å². The van der Waals surface area contributed by atoms with Crippen LogP contribution in [0.5, 0.6) is 0 Å². The van der Waals surface area contributed by atoms with Crippen molar-refractivity contribution in [2.75, 3.05) is 23.4 Å². The molecule has 4 N–H and O–H groups in total. The fourth-order valence-electron chi connectivity index (χ4n) is 1.57. The number of hydrogen-bond acceptors (Lipinski definition) is 6. The van der Waals surface area contributed by atoms with E-state index in [0.29, 0.717) is 23.7 Å². The van der Waals surface area contributed by atoms with Gasteiger partial charge in [0.15, 0.2) is 0 Å². The van der Waals surface area contributed by atoms with Crippen LogP contribution in [-0.4, -0.2) is 17.0 Å². The molecule has 0 radical (unpaired) electrons. The molecule has 0 amide bonds. The lowest BCUT2D eigenvalue weighted by Gasteiger charge is -2.08. The van der Waals surface area contributed by atoms with Gasteiger partial charge in [0, 0.05) is 19.7 Å². The standard InChI is InChI=1S/C13H14N6/c1-16-11-6-12(19-13(15)18-11)17-8-10-4-2-9(7-14)3-5-10/h2-6H,8H2,1H3,(H4,15,16,17,18,19). The number of nitriles is 1. The summed E-state index contributed by atoms with van der Waals surface area (Å²) in [6, 6.07) is 11.2. The van der Waals surface area contributed by atoms with Crippen LogP contribution < -0.4 is 16.4 Å². The zero-order valence-electron chi connectivity index (χ0n) is 10.5. The first kappa shape index (κ1) is 12.6. The Kier molecular flexibility index (Phi) is 3.78.